The minimum atomic E-state index is 0. The van der Waals surface area contributed by atoms with E-state index in [2.05, 4.69) is 78.1 Å². The second-order valence-electron chi connectivity index (χ2n) is 11.9. The van der Waals surface area contributed by atoms with Crippen LogP contribution in [0.25, 0.3) is 44.4 Å². The quantitative estimate of drug-likeness (QED) is 0.156. The van der Waals surface area contributed by atoms with E-state index in [0.29, 0.717) is 45.4 Å². The zero-order valence-corrected chi connectivity index (χ0v) is 29.3. The summed E-state index contributed by atoms with van der Waals surface area (Å²) in [7, 11) is 0. The number of hydrogen-bond donors (Lipinski definition) is 0. The van der Waals surface area contributed by atoms with Gasteiger partial charge in [0.2, 0.25) is 0 Å². The fourth-order valence-corrected chi connectivity index (χ4v) is 6.14. The molecule has 3 heterocycles. The van der Waals surface area contributed by atoms with E-state index in [9.17, 15) is 10.5 Å². The van der Waals surface area contributed by atoms with E-state index < -0.39 is 0 Å². The monoisotopic (exact) mass is 805 g/mol. The fourth-order valence-electron chi connectivity index (χ4n) is 6.14. The number of rotatable bonds is 6. The second-order valence-corrected chi connectivity index (χ2v) is 11.9. The Morgan fingerprint density at radius 2 is 1.54 bits per heavy atom. The van der Waals surface area contributed by atoms with Gasteiger partial charge < -0.3 is 9.30 Å². The van der Waals surface area contributed by atoms with Crippen molar-refractivity contribution in [2.45, 2.75) is 40.5 Å². The number of nitriles is 2. The van der Waals surface area contributed by atoms with Gasteiger partial charge in [-0.2, -0.15) is 27.8 Å². The summed E-state index contributed by atoms with van der Waals surface area (Å²) < 4.78 is 10.1. The van der Waals surface area contributed by atoms with Crippen LogP contribution in [0.1, 0.15) is 53.1 Å². The molecule has 0 N–H and O–H groups in total. The van der Waals surface area contributed by atoms with Crippen LogP contribution in [-0.2, 0) is 21.1 Å². The molecule has 0 spiro atoms. The molecule has 0 bridgehead atoms. The number of para-hydroxylation sites is 1. The predicted octanol–water partition coefficient (Wildman–Crippen LogP) is 9.21. The van der Waals surface area contributed by atoms with Gasteiger partial charge in [0.15, 0.2) is 0 Å². The van der Waals surface area contributed by atoms with Crippen molar-refractivity contribution in [3.63, 3.8) is 0 Å². The molecular weight excluding hydrogens is 776 g/mol. The van der Waals surface area contributed by atoms with E-state index in [1.165, 1.54) is 5.56 Å². The predicted molar refractivity (Wildman–Crippen MR) is 183 cm³/mol. The van der Waals surface area contributed by atoms with Crippen LogP contribution in [0.3, 0.4) is 0 Å². The molecule has 0 fully saturated rings. The summed E-state index contributed by atoms with van der Waals surface area (Å²) in [5, 5.41) is 26.7. The second kappa shape index (κ2) is 13.0. The average Bonchev–Trinajstić information content (AvgIpc) is 3.70. The van der Waals surface area contributed by atoms with E-state index in [-0.39, 0.29) is 21.1 Å². The van der Waals surface area contributed by atoms with Crippen molar-refractivity contribution < 1.29 is 25.8 Å². The van der Waals surface area contributed by atoms with Crippen molar-refractivity contribution >= 4 is 21.8 Å². The maximum absolute atomic E-state index is 10.0. The summed E-state index contributed by atoms with van der Waals surface area (Å²) in [5.74, 6) is 2.24. The topological polar surface area (TPSA) is 92.4 Å². The van der Waals surface area contributed by atoms with E-state index in [4.69, 9.17) is 9.72 Å². The Balaban J connectivity index is 0.00000401. The van der Waals surface area contributed by atoms with Gasteiger partial charge in [-0.1, -0.05) is 37.6 Å². The van der Waals surface area contributed by atoms with Crippen molar-refractivity contribution in [2.24, 2.45) is 0 Å². The summed E-state index contributed by atoms with van der Waals surface area (Å²) >= 11 is 0. The molecule has 0 aliphatic heterocycles. The van der Waals surface area contributed by atoms with Crippen LogP contribution in [0.4, 0.5) is 0 Å². The maximum Gasteiger partial charge on any atom is 2.00 e. The Kier molecular flexibility index (Phi) is 8.76. The number of ether oxygens (including phenoxy) is 1. The zero-order chi connectivity index (χ0) is 32.8. The molecule has 4 aromatic carbocycles. The first kappa shape index (κ1) is 32.4. The Morgan fingerprint density at radius 3 is 2.27 bits per heavy atom. The van der Waals surface area contributed by atoms with Crippen molar-refractivity contribution in [1.29, 1.82) is 10.5 Å². The van der Waals surface area contributed by atoms with Gasteiger partial charge in [0.1, 0.15) is 18.0 Å². The molecular formula is C40H30N6OPt. The largest absolute Gasteiger partial charge is 2.00 e. The first-order valence-electron chi connectivity index (χ1n) is 15.4. The van der Waals surface area contributed by atoms with E-state index in [1.807, 2.05) is 69.6 Å². The van der Waals surface area contributed by atoms with Crippen molar-refractivity contribution in [3.8, 4) is 46.3 Å². The standard InChI is InChI=1S/C40H30N6O.Pt/c1-24(2)28-15-16-43-39(17-28)46-37-12-7-6-11-33(37)34-14-13-32(19-38(34)46)47-31-10-8-9-30(18-31)45-23-29(22-44-45)40-35(20-41)26(4)25(3)27(5)36(40)21-42;/h6-17,22-24H,1-5H3;/q-2;+2. The van der Waals surface area contributed by atoms with Crippen LogP contribution >= 0.6 is 0 Å². The van der Waals surface area contributed by atoms with Crippen LogP contribution in [0.15, 0.2) is 85.3 Å². The molecule has 7 rings (SSSR count). The smallest absolute Gasteiger partial charge is 0.509 e. The van der Waals surface area contributed by atoms with E-state index >= 15 is 0 Å². The SMILES string of the molecule is Cc1c(C)c(C#N)c(-c2cnn(-c3[c-]c(Oc4[c-]c5c(cc4)c4ccccc4n5-c4cc(C(C)C)ccn4)ccc3)c2)c(C#N)c1C.[Pt+2]. The van der Waals surface area contributed by atoms with Gasteiger partial charge in [-0.15, -0.1) is 35.7 Å². The fraction of sp³-hybridized carbons (Fsp3) is 0.150. The summed E-state index contributed by atoms with van der Waals surface area (Å²) in [6.45, 7) is 10.1. The Morgan fingerprint density at radius 1 is 0.812 bits per heavy atom. The molecule has 0 saturated carbocycles. The molecule has 7 aromatic rings. The van der Waals surface area contributed by atoms with Crippen LogP contribution in [-0.4, -0.2) is 19.3 Å². The molecule has 0 aliphatic rings. The molecule has 0 unspecified atom stereocenters. The summed E-state index contributed by atoms with van der Waals surface area (Å²) in [5.41, 5.74) is 8.71. The molecule has 0 radical (unpaired) electrons. The summed E-state index contributed by atoms with van der Waals surface area (Å²) in [6.07, 6.45) is 5.35. The average molecular weight is 806 g/mol. The van der Waals surface area contributed by atoms with Crippen molar-refractivity contribution in [2.75, 3.05) is 0 Å². The van der Waals surface area contributed by atoms with Gasteiger partial charge in [-0.25, -0.2) is 4.98 Å². The molecule has 0 saturated heterocycles. The number of fused-ring (bicyclic) bond motifs is 3. The molecule has 236 valence electrons. The van der Waals surface area contributed by atoms with Crippen molar-refractivity contribution in [3.05, 3.63) is 131 Å². The first-order chi connectivity index (χ1) is 22.8. The minimum Gasteiger partial charge on any atom is -0.509 e. The van der Waals surface area contributed by atoms with Crippen molar-refractivity contribution in [1.82, 2.24) is 19.3 Å². The van der Waals surface area contributed by atoms with Gasteiger partial charge in [0.25, 0.3) is 0 Å². The van der Waals surface area contributed by atoms with E-state index in [1.54, 1.807) is 10.9 Å². The zero-order valence-electron chi connectivity index (χ0n) is 27.1. The Hall–Kier alpha value is -5.49. The molecule has 0 aliphatic carbocycles. The number of aromatic nitrogens is 4. The van der Waals surface area contributed by atoms with Gasteiger partial charge in [-0.3, -0.25) is 4.68 Å². The van der Waals surface area contributed by atoms with Gasteiger partial charge in [-0.05, 0) is 78.2 Å². The third-order valence-electron chi connectivity index (χ3n) is 8.91. The van der Waals surface area contributed by atoms with E-state index in [0.717, 1.165) is 44.3 Å². The normalized spacial score (nSPS) is 11.0. The Labute approximate surface area is 293 Å². The first-order valence-corrected chi connectivity index (χ1v) is 15.4. The summed E-state index contributed by atoms with van der Waals surface area (Å²) in [6, 6.07) is 33.5. The van der Waals surface area contributed by atoms with Crippen LogP contribution < -0.4 is 4.74 Å². The number of pyridine rings is 1. The minimum absolute atomic E-state index is 0. The number of benzene rings is 4. The molecule has 8 heteroatoms. The molecule has 0 atom stereocenters. The third-order valence-corrected chi connectivity index (χ3v) is 8.91. The maximum atomic E-state index is 10.0. The summed E-state index contributed by atoms with van der Waals surface area (Å²) in [4.78, 5) is 4.73. The number of nitrogens with zero attached hydrogens (tertiary/aromatic N) is 6. The third kappa shape index (κ3) is 5.47. The number of hydrogen-bond acceptors (Lipinski definition) is 5. The van der Waals surface area contributed by atoms with Gasteiger partial charge >= 0.3 is 21.1 Å². The Bertz CT molecular complexity index is 2400. The van der Waals surface area contributed by atoms with Gasteiger partial charge in [0, 0.05) is 40.5 Å². The molecule has 3 aromatic heterocycles. The van der Waals surface area contributed by atoms with Crippen LogP contribution in [0.2, 0.25) is 0 Å². The molecule has 48 heavy (non-hydrogen) atoms. The van der Waals surface area contributed by atoms with Crippen LogP contribution in [0.5, 0.6) is 11.5 Å². The van der Waals surface area contributed by atoms with Gasteiger partial charge in [0.05, 0.1) is 17.3 Å². The van der Waals surface area contributed by atoms with Crippen LogP contribution in [0, 0.1) is 55.6 Å². The molecule has 7 nitrogen and oxygen atoms in total. The molecule has 0 amide bonds.